The Balaban J connectivity index is 2.17. The van der Waals surface area contributed by atoms with E-state index in [2.05, 4.69) is 21.2 Å². The second kappa shape index (κ2) is 10.5. The zero-order valence-electron chi connectivity index (χ0n) is 17.0. The number of nitro groups is 1. The second-order valence-corrected chi connectivity index (χ2v) is 6.56. The Labute approximate surface area is 185 Å². The highest BCUT2D eigenvalue weighted by atomic mass is 79.9. The number of esters is 1. The van der Waals surface area contributed by atoms with Crippen molar-refractivity contribution in [3.05, 3.63) is 44.4 Å². The lowest BCUT2D eigenvalue weighted by molar-refractivity contribution is -0.384. The van der Waals surface area contributed by atoms with Crippen LogP contribution in [0, 0.1) is 10.1 Å². The molecule has 0 unspecified atom stereocenters. The molecule has 166 valence electrons. The molecule has 1 N–H and O–H groups in total. The van der Waals surface area contributed by atoms with Crippen LogP contribution in [-0.2, 0) is 9.53 Å². The number of benzene rings is 2. The van der Waals surface area contributed by atoms with E-state index in [-0.39, 0.29) is 44.4 Å². The van der Waals surface area contributed by atoms with Crippen molar-refractivity contribution in [2.75, 3.05) is 40.4 Å². The maximum absolute atomic E-state index is 12.5. The SMILES string of the molecule is COc1ccc(NC(=O)COC(=O)c2cc(OC)c(OC)c(OC)c2Br)c([N+](=O)[O-])c1. The van der Waals surface area contributed by atoms with Gasteiger partial charge in [-0.05, 0) is 34.1 Å². The van der Waals surface area contributed by atoms with Crippen LogP contribution in [0.2, 0.25) is 0 Å². The van der Waals surface area contributed by atoms with Gasteiger partial charge in [0, 0.05) is 0 Å². The number of carbonyl (C=O) groups excluding carboxylic acids is 2. The highest BCUT2D eigenvalue weighted by Gasteiger charge is 2.24. The van der Waals surface area contributed by atoms with Crippen LogP contribution in [0.25, 0.3) is 0 Å². The van der Waals surface area contributed by atoms with Gasteiger partial charge in [0.15, 0.2) is 18.1 Å². The third kappa shape index (κ3) is 5.34. The normalized spacial score (nSPS) is 10.1. The Hall–Kier alpha value is -3.54. The van der Waals surface area contributed by atoms with Crippen molar-refractivity contribution in [1.82, 2.24) is 0 Å². The molecule has 0 aromatic heterocycles. The predicted molar refractivity (Wildman–Crippen MR) is 112 cm³/mol. The number of amides is 1. The van der Waals surface area contributed by atoms with Crippen LogP contribution in [0.1, 0.15) is 10.4 Å². The van der Waals surface area contributed by atoms with Crippen molar-refractivity contribution in [3.8, 4) is 23.0 Å². The molecule has 1 amide bonds. The first-order valence-electron chi connectivity index (χ1n) is 8.55. The largest absolute Gasteiger partial charge is 0.496 e. The van der Waals surface area contributed by atoms with Crippen molar-refractivity contribution >= 4 is 39.2 Å². The number of nitrogens with zero attached hydrogens (tertiary/aromatic N) is 1. The third-order valence-electron chi connectivity index (χ3n) is 4.00. The molecule has 2 aromatic carbocycles. The Kier molecular flexibility index (Phi) is 8.02. The van der Waals surface area contributed by atoms with Gasteiger partial charge in [0.05, 0.1) is 49.5 Å². The Bertz CT molecular complexity index is 1010. The molecule has 0 radical (unpaired) electrons. The van der Waals surface area contributed by atoms with Gasteiger partial charge >= 0.3 is 5.97 Å². The van der Waals surface area contributed by atoms with E-state index >= 15 is 0 Å². The van der Waals surface area contributed by atoms with Gasteiger partial charge in [-0.2, -0.15) is 0 Å². The fraction of sp³-hybridized carbons (Fsp3) is 0.263. The van der Waals surface area contributed by atoms with Gasteiger partial charge in [-0.3, -0.25) is 14.9 Å². The molecule has 31 heavy (non-hydrogen) atoms. The first kappa shape index (κ1) is 23.7. The molecule has 0 saturated heterocycles. The number of hydrogen-bond donors (Lipinski definition) is 1. The van der Waals surface area contributed by atoms with Gasteiger partial charge in [0.1, 0.15) is 11.4 Å². The molecule has 2 rings (SSSR count). The number of halogens is 1. The van der Waals surface area contributed by atoms with Gasteiger partial charge < -0.3 is 29.0 Å². The van der Waals surface area contributed by atoms with Crippen LogP contribution in [0.4, 0.5) is 11.4 Å². The van der Waals surface area contributed by atoms with Crippen LogP contribution < -0.4 is 24.3 Å². The van der Waals surface area contributed by atoms with E-state index in [9.17, 15) is 19.7 Å². The highest BCUT2D eigenvalue weighted by Crippen LogP contribution is 2.44. The summed E-state index contributed by atoms with van der Waals surface area (Å²) in [5.41, 5.74) is -0.412. The summed E-state index contributed by atoms with van der Waals surface area (Å²) in [6.07, 6.45) is 0. The molecule has 0 aliphatic rings. The Morgan fingerprint density at radius 3 is 2.26 bits per heavy atom. The van der Waals surface area contributed by atoms with E-state index < -0.39 is 23.4 Å². The predicted octanol–water partition coefficient (Wildman–Crippen LogP) is 3.19. The lowest BCUT2D eigenvalue weighted by atomic mass is 10.2. The van der Waals surface area contributed by atoms with Crippen molar-refractivity contribution in [1.29, 1.82) is 0 Å². The summed E-state index contributed by atoms with van der Waals surface area (Å²) in [6.45, 7) is -0.689. The molecule has 0 aliphatic carbocycles. The molecule has 0 aliphatic heterocycles. The summed E-state index contributed by atoms with van der Waals surface area (Å²) in [5, 5.41) is 13.5. The summed E-state index contributed by atoms with van der Waals surface area (Å²) in [6, 6.07) is 5.28. The van der Waals surface area contributed by atoms with Crippen LogP contribution in [-0.4, -0.2) is 51.8 Å². The van der Waals surface area contributed by atoms with Crippen LogP contribution in [0.15, 0.2) is 28.7 Å². The first-order chi connectivity index (χ1) is 14.8. The van der Waals surface area contributed by atoms with Gasteiger partial charge in [-0.15, -0.1) is 0 Å². The molecule has 0 fully saturated rings. The molecule has 0 heterocycles. The van der Waals surface area contributed by atoms with E-state index in [0.29, 0.717) is 0 Å². The minimum Gasteiger partial charge on any atom is -0.496 e. The summed E-state index contributed by atoms with van der Waals surface area (Å²) in [4.78, 5) is 35.2. The maximum atomic E-state index is 12.5. The van der Waals surface area contributed by atoms with E-state index in [0.717, 1.165) is 6.07 Å². The van der Waals surface area contributed by atoms with Crippen molar-refractivity contribution < 1.29 is 38.2 Å². The van der Waals surface area contributed by atoms with E-state index in [1.54, 1.807) is 0 Å². The number of anilines is 1. The average Bonchev–Trinajstić information content (AvgIpc) is 2.76. The Morgan fingerprint density at radius 1 is 1.03 bits per heavy atom. The second-order valence-electron chi connectivity index (χ2n) is 5.77. The number of methoxy groups -OCH3 is 4. The minimum absolute atomic E-state index is 0.0257. The molecule has 12 heteroatoms. The summed E-state index contributed by atoms with van der Waals surface area (Å²) in [5.74, 6) is -0.697. The number of nitrogens with one attached hydrogen (secondary N) is 1. The number of ether oxygens (including phenoxy) is 5. The quantitative estimate of drug-likeness (QED) is 0.314. The van der Waals surface area contributed by atoms with Crippen LogP contribution in [0.3, 0.4) is 0 Å². The summed E-state index contributed by atoms with van der Waals surface area (Å²) >= 11 is 3.25. The maximum Gasteiger partial charge on any atom is 0.340 e. The molecule has 0 saturated carbocycles. The fourth-order valence-electron chi connectivity index (χ4n) is 2.56. The van der Waals surface area contributed by atoms with Crippen molar-refractivity contribution in [2.24, 2.45) is 0 Å². The van der Waals surface area contributed by atoms with Crippen molar-refractivity contribution in [2.45, 2.75) is 0 Å². The van der Waals surface area contributed by atoms with Crippen LogP contribution >= 0.6 is 15.9 Å². The standard InChI is InChI=1S/C19H19BrN2O9/c1-27-10-5-6-12(13(7-10)22(25)26)21-15(23)9-31-19(24)11-8-14(28-2)17(29-3)18(30-4)16(11)20/h5-8H,9H2,1-4H3,(H,21,23). The number of rotatable bonds is 9. The van der Waals surface area contributed by atoms with Gasteiger partial charge in [0.25, 0.3) is 11.6 Å². The number of hydrogen-bond acceptors (Lipinski definition) is 9. The molecule has 0 bridgehead atoms. The lowest BCUT2D eigenvalue weighted by Crippen LogP contribution is -2.21. The van der Waals surface area contributed by atoms with Gasteiger partial charge in [-0.25, -0.2) is 4.79 Å². The highest BCUT2D eigenvalue weighted by molar-refractivity contribution is 9.10. The molecular weight excluding hydrogens is 480 g/mol. The topological polar surface area (TPSA) is 135 Å². The molecule has 0 spiro atoms. The molecule has 2 aromatic rings. The lowest BCUT2D eigenvalue weighted by Gasteiger charge is -2.16. The molecular formula is C19H19BrN2O9. The molecule has 11 nitrogen and oxygen atoms in total. The number of nitro benzene ring substituents is 1. The number of carbonyl (C=O) groups is 2. The third-order valence-corrected chi connectivity index (χ3v) is 4.79. The summed E-state index contributed by atoms with van der Waals surface area (Å²) in [7, 11) is 5.54. The van der Waals surface area contributed by atoms with Gasteiger partial charge in [-0.1, -0.05) is 0 Å². The molecule has 0 atom stereocenters. The van der Waals surface area contributed by atoms with Crippen LogP contribution in [0.5, 0.6) is 23.0 Å². The van der Waals surface area contributed by atoms with Crippen molar-refractivity contribution in [3.63, 3.8) is 0 Å². The monoisotopic (exact) mass is 498 g/mol. The summed E-state index contributed by atoms with van der Waals surface area (Å²) < 4.78 is 25.9. The average molecular weight is 499 g/mol. The first-order valence-corrected chi connectivity index (χ1v) is 9.34. The van der Waals surface area contributed by atoms with E-state index in [1.165, 1.54) is 46.6 Å². The minimum atomic E-state index is -0.856. The van der Waals surface area contributed by atoms with E-state index in [4.69, 9.17) is 23.7 Å². The zero-order valence-corrected chi connectivity index (χ0v) is 18.6. The Morgan fingerprint density at radius 2 is 1.71 bits per heavy atom. The van der Waals surface area contributed by atoms with E-state index in [1.807, 2.05) is 0 Å². The van der Waals surface area contributed by atoms with Gasteiger partial charge in [0.2, 0.25) is 5.75 Å². The fourth-order valence-corrected chi connectivity index (χ4v) is 3.18. The smallest absolute Gasteiger partial charge is 0.340 e. The zero-order chi connectivity index (χ0) is 23.1.